The lowest BCUT2D eigenvalue weighted by Gasteiger charge is -2.32. The maximum absolute atomic E-state index is 13.6. The molecule has 2 aromatic carbocycles. The lowest BCUT2D eigenvalue weighted by Crippen LogP contribution is -2.45. The Balaban J connectivity index is 1.62. The first-order valence-corrected chi connectivity index (χ1v) is 9.03. The van der Waals surface area contributed by atoms with Crippen LogP contribution in [0.15, 0.2) is 54.7 Å². The first-order chi connectivity index (χ1) is 13.5. The fraction of sp³-hybridized carbons (Fsp3) is 0.150. The minimum Gasteiger partial charge on any atom is -0.329 e. The Morgan fingerprint density at radius 3 is 2.57 bits per heavy atom. The number of benzene rings is 2. The van der Waals surface area contributed by atoms with Crippen LogP contribution >= 0.6 is 12.2 Å². The van der Waals surface area contributed by atoms with Gasteiger partial charge in [0.2, 0.25) is 11.8 Å². The molecule has 2 amide bonds. The fourth-order valence-electron chi connectivity index (χ4n) is 2.98. The lowest BCUT2D eigenvalue weighted by atomic mass is 9.93. The van der Waals surface area contributed by atoms with E-state index in [1.807, 2.05) is 30.3 Å². The number of nitrogens with one attached hydrogen (secondary N) is 3. The van der Waals surface area contributed by atoms with E-state index in [0.29, 0.717) is 0 Å². The number of hydrogen-bond donors (Lipinski definition) is 3. The molecule has 0 saturated carbocycles. The predicted molar refractivity (Wildman–Crippen MR) is 109 cm³/mol. The van der Waals surface area contributed by atoms with Crippen LogP contribution < -0.4 is 16.2 Å². The van der Waals surface area contributed by atoms with Gasteiger partial charge in [-0.1, -0.05) is 36.4 Å². The Bertz CT molecular complexity index is 947. The second-order valence-corrected chi connectivity index (χ2v) is 6.61. The van der Waals surface area contributed by atoms with Gasteiger partial charge in [0.05, 0.1) is 18.2 Å². The van der Waals surface area contributed by atoms with Crippen LogP contribution in [-0.2, 0) is 9.59 Å². The summed E-state index contributed by atoms with van der Waals surface area (Å²) in [7, 11) is 0. The van der Waals surface area contributed by atoms with Crippen LogP contribution in [0, 0.1) is 5.82 Å². The van der Waals surface area contributed by atoms with Crippen molar-refractivity contribution in [3.63, 3.8) is 0 Å². The Kier molecular flexibility index (Phi) is 6.00. The highest BCUT2D eigenvalue weighted by Crippen LogP contribution is 2.32. The molecule has 0 fully saturated rings. The standard InChI is InChI=1S/C20H19FN4O2S/c1-13(26)25-11-10-14-6-2-3-7-15(14)18(25)12-19(27)23-24-20(28)22-17-9-5-4-8-16(17)21/h2-11,18H,12H2,1H3,(H,23,27)(H2,22,24,28)/t18-/m1/s1. The molecule has 1 aliphatic rings. The zero-order chi connectivity index (χ0) is 20.1. The highest BCUT2D eigenvalue weighted by Gasteiger charge is 2.28. The monoisotopic (exact) mass is 398 g/mol. The predicted octanol–water partition coefficient (Wildman–Crippen LogP) is 3.11. The van der Waals surface area contributed by atoms with Gasteiger partial charge in [-0.3, -0.25) is 20.4 Å². The van der Waals surface area contributed by atoms with Crippen molar-refractivity contribution in [2.75, 3.05) is 5.32 Å². The van der Waals surface area contributed by atoms with Gasteiger partial charge < -0.3 is 10.2 Å². The van der Waals surface area contributed by atoms with E-state index in [0.717, 1.165) is 11.1 Å². The van der Waals surface area contributed by atoms with Crippen LogP contribution in [0.25, 0.3) is 6.08 Å². The molecule has 0 aliphatic carbocycles. The van der Waals surface area contributed by atoms with Crippen LogP contribution in [0.4, 0.5) is 10.1 Å². The lowest BCUT2D eigenvalue weighted by molar-refractivity contribution is -0.130. The van der Waals surface area contributed by atoms with E-state index >= 15 is 0 Å². The van der Waals surface area contributed by atoms with Crippen LogP contribution in [0.5, 0.6) is 0 Å². The van der Waals surface area contributed by atoms with Crippen LogP contribution in [-0.4, -0.2) is 21.8 Å². The molecule has 6 nitrogen and oxygen atoms in total. The topological polar surface area (TPSA) is 73.5 Å². The molecule has 0 spiro atoms. The van der Waals surface area contributed by atoms with Crippen LogP contribution in [0.2, 0.25) is 0 Å². The van der Waals surface area contributed by atoms with Gasteiger partial charge in [-0.25, -0.2) is 4.39 Å². The van der Waals surface area contributed by atoms with Gasteiger partial charge in [-0.2, -0.15) is 0 Å². The van der Waals surface area contributed by atoms with Crippen LogP contribution in [0.3, 0.4) is 0 Å². The number of nitrogens with zero attached hydrogens (tertiary/aromatic N) is 1. The number of para-hydroxylation sites is 1. The Morgan fingerprint density at radius 2 is 1.82 bits per heavy atom. The van der Waals surface area contributed by atoms with Crippen molar-refractivity contribution in [3.8, 4) is 0 Å². The summed E-state index contributed by atoms with van der Waals surface area (Å²) in [6.07, 6.45) is 3.56. The third kappa shape index (κ3) is 4.52. The third-order valence-electron chi connectivity index (χ3n) is 4.29. The number of hydrogen-bond acceptors (Lipinski definition) is 3. The summed E-state index contributed by atoms with van der Waals surface area (Å²) in [5, 5.41) is 2.71. The first-order valence-electron chi connectivity index (χ1n) is 8.62. The molecular formula is C20H19FN4O2S. The van der Waals surface area contributed by atoms with Gasteiger partial charge in [-0.15, -0.1) is 0 Å². The molecule has 0 unspecified atom stereocenters. The average Bonchev–Trinajstić information content (AvgIpc) is 2.68. The number of hydrazine groups is 1. The minimum atomic E-state index is -0.458. The molecule has 144 valence electrons. The second kappa shape index (κ2) is 8.62. The fourth-order valence-corrected chi connectivity index (χ4v) is 3.14. The van der Waals surface area contributed by atoms with E-state index in [-0.39, 0.29) is 29.0 Å². The van der Waals surface area contributed by atoms with Gasteiger partial charge in [0.25, 0.3) is 0 Å². The molecule has 1 aliphatic heterocycles. The molecule has 3 rings (SSSR count). The summed E-state index contributed by atoms with van der Waals surface area (Å²) in [4.78, 5) is 25.9. The number of halogens is 1. The number of fused-ring (bicyclic) bond motifs is 1. The van der Waals surface area contributed by atoms with Crippen molar-refractivity contribution >= 4 is 40.9 Å². The minimum absolute atomic E-state index is 0.0379. The van der Waals surface area contributed by atoms with Gasteiger partial charge in [0, 0.05) is 13.1 Å². The third-order valence-corrected chi connectivity index (χ3v) is 4.49. The zero-order valence-electron chi connectivity index (χ0n) is 15.1. The van der Waals surface area contributed by atoms with Crippen molar-refractivity contribution < 1.29 is 14.0 Å². The van der Waals surface area contributed by atoms with E-state index in [1.54, 1.807) is 18.3 Å². The maximum atomic E-state index is 13.6. The van der Waals surface area contributed by atoms with Gasteiger partial charge in [-0.05, 0) is 41.6 Å². The Morgan fingerprint density at radius 1 is 1.11 bits per heavy atom. The van der Waals surface area contributed by atoms with Gasteiger partial charge >= 0.3 is 0 Å². The number of carbonyl (C=O) groups is 2. The molecule has 0 radical (unpaired) electrons. The molecule has 2 aromatic rings. The quantitative estimate of drug-likeness (QED) is 0.547. The first kappa shape index (κ1) is 19.5. The largest absolute Gasteiger partial charge is 0.329 e. The van der Waals surface area contributed by atoms with Crippen molar-refractivity contribution in [1.82, 2.24) is 15.8 Å². The summed E-state index contributed by atoms with van der Waals surface area (Å²) in [6.45, 7) is 1.45. The van der Waals surface area contributed by atoms with E-state index in [1.165, 1.54) is 24.0 Å². The average molecular weight is 398 g/mol. The number of amides is 2. The molecule has 0 aromatic heterocycles. The second-order valence-electron chi connectivity index (χ2n) is 6.20. The van der Waals surface area contributed by atoms with Gasteiger partial charge in [0.1, 0.15) is 5.82 Å². The van der Waals surface area contributed by atoms with E-state index in [2.05, 4.69) is 16.2 Å². The van der Waals surface area contributed by atoms with E-state index in [9.17, 15) is 14.0 Å². The smallest absolute Gasteiger partial charge is 0.240 e. The summed E-state index contributed by atoms with van der Waals surface area (Å²) in [5.74, 6) is -0.979. The highest BCUT2D eigenvalue weighted by molar-refractivity contribution is 7.80. The van der Waals surface area contributed by atoms with E-state index in [4.69, 9.17) is 12.2 Å². The molecule has 0 saturated heterocycles. The molecule has 28 heavy (non-hydrogen) atoms. The van der Waals surface area contributed by atoms with Crippen LogP contribution in [0.1, 0.15) is 30.5 Å². The molecule has 0 bridgehead atoms. The molecule has 3 N–H and O–H groups in total. The maximum Gasteiger partial charge on any atom is 0.240 e. The van der Waals surface area contributed by atoms with Crippen molar-refractivity contribution in [3.05, 3.63) is 71.7 Å². The zero-order valence-corrected chi connectivity index (χ0v) is 15.9. The SMILES string of the molecule is CC(=O)N1C=Cc2ccccc2[C@H]1CC(=O)NNC(=S)Nc1ccccc1F. The molecule has 8 heteroatoms. The van der Waals surface area contributed by atoms with Gasteiger partial charge in [0.15, 0.2) is 5.11 Å². The molecule has 1 heterocycles. The van der Waals surface area contributed by atoms with Crippen molar-refractivity contribution in [2.45, 2.75) is 19.4 Å². The number of anilines is 1. The summed E-state index contributed by atoms with van der Waals surface area (Å²) >= 11 is 5.07. The van der Waals surface area contributed by atoms with Crippen molar-refractivity contribution in [2.24, 2.45) is 0 Å². The summed E-state index contributed by atoms with van der Waals surface area (Å²) in [5.41, 5.74) is 7.08. The van der Waals surface area contributed by atoms with Crippen molar-refractivity contribution in [1.29, 1.82) is 0 Å². The summed E-state index contributed by atoms with van der Waals surface area (Å²) in [6, 6.07) is 13.2. The molecule has 1 atom stereocenters. The highest BCUT2D eigenvalue weighted by atomic mass is 32.1. The normalized spacial score (nSPS) is 14.8. The number of thiocarbonyl (C=S) groups is 1. The Hall–Kier alpha value is -3.26. The Labute approximate surface area is 167 Å². The summed E-state index contributed by atoms with van der Waals surface area (Å²) < 4.78 is 13.6. The number of rotatable bonds is 3. The molecular weight excluding hydrogens is 379 g/mol. The van der Waals surface area contributed by atoms with E-state index < -0.39 is 11.9 Å². The number of carbonyl (C=O) groups excluding carboxylic acids is 2.